The minimum Gasteiger partial charge on any atom is -0.311 e. The third-order valence-corrected chi connectivity index (χ3v) is 3.47. The van der Waals surface area contributed by atoms with Crippen molar-refractivity contribution >= 4 is 0 Å². The Labute approximate surface area is 109 Å². The van der Waals surface area contributed by atoms with Gasteiger partial charge in [-0.15, -0.1) is 0 Å². The molecule has 1 aliphatic rings. The summed E-state index contributed by atoms with van der Waals surface area (Å²) in [4.78, 5) is 2.50. The highest BCUT2D eigenvalue weighted by Gasteiger charge is 2.18. The molecule has 1 aromatic rings. The Balaban J connectivity index is 1.90. The summed E-state index contributed by atoms with van der Waals surface area (Å²) in [6.45, 7) is 6.56. The second-order valence-electron chi connectivity index (χ2n) is 4.98. The van der Waals surface area contributed by atoms with Crippen LogP contribution in [0.5, 0.6) is 0 Å². The van der Waals surface area contributed by atoms with Crippen LogP contribution in [0, 0.1) is 11.3 Å². The van der Waals surface area contributed by atoms with Crippen LogP contribution in [0.1, 0.15) is 30.9 Å². The van der Waals surface area contributed by atoms with Gasteiger partial charge in [-0.2, -0.15) is 5.26 Å². The fourth-order valence-corrected chi connectivity index (χ4v) is 2.52. The predicted molar refractivity (Wildman–Crippen MR) is 73.1 cm³/mol. The molecule has 1 unspecified atom stereocenters. The highest BCUT2D eigenvalue weighted by atomic mass is 15.2. The van der Waals surface area contributed by atoms with E-state index in [0.717, 1.165) is 31.7 Å². The van der Waals surface area contributed by atoms with Crippen molar-refractivity contribution in [1.82, 2.24) is 10.2 Å². The Morgan fingerprint density at radius 1 is 1.39 bits per heavy atom. The molecule has 0 spiro atoms. The smallest absolute Gasteiger partial charge is 0.0991 e. The fraction of sp³-hybridized carbons (Fsp3) is 0.533. The molecule has 2 rings (SSSR count). The molecule has 1 atom stereocenters. The van der Waals surface area contributed by atoms with Crippen LogP contribution in [0.15, 0.2) is 24.3 Å². The molecule has 0 aliphatic carbocycles. The van der Waals surface area contributed by atoms with Crippen LogP contribution in [-0.2, 0) is 6.54 Å². The van der Waals surface area contributed by atoms with Gasteiger partial charge < -0.3 is 5.32 Å². The zero-order valence-electron chi connectivity index (χ0n) is 11.0. The van der Waals surface area contributed by atoms with E-state index < -0.39 is 0 Å². The van der Waals surface area contributed by atoms with E-state index in [-0.39, 0.29) is 0 Å². The van der Waals surface area contributed by atoms with Gasteiger partial charge in [0.25, 0.3) is 0 Å². The number of nitrogens with zero attached hydrogens (tertiary/aromatic N) is 2. The van der Waals surface area contributed by atoms with Crippen molar-refractivity contribution in [3.05, 3.63) is 35.4 Å². The van der Waals surface area contributed by atoms with Gasteiger partial charge in [0.15, 0.2) is 0 Å². The van der Waals surface area contributed by atoms with Gasteiger partial charge in [-0.05, 0) is 24.1 Å². The molecule has 0 radical (unpaired) electrons. The van der Waals surface area contributed by atoms with E-state index in [4.69, 9.17) is 5.26 Å². The standard InChI is InChI=1S/C15H21N3/c1-2-3-15-12-18(9-8-17-15)11-14-6-4-13(10-16)5-7-14/h4-7,15,17H,2-3,8-9,11-12H2,1H3. The molecule has 1 heterocycles. The van der Waals surface area contributed by atoms with Crippen LogP contribution in [0.3, 0.4) is 0 Å². The van der Waals surface area contributed by atoms with E-state index in [9.17, 15) is 0 Å². The van der Waals surface area contributed by atoms with Crippen LogP contribution in [-0.4, -0.2) is 30.6 Å². The third kappa shape index (κ3) is 3.56. The monoisotopic (exact) mass is 243 g/mol. The van der Waals surface area contributed by atoms with Gasteiger partial charge in [-0.25, -0.2) is 0 Å². The summed E-state index contributed by atoms with van der Waals surface area (Å²) < 4.78 is 0. The number of piperazine rings is 1. The SMILES string of the molecule is CCCC1CN(Cc2ccc(C#N)cc2)CCN1. The normalized spacial score (nSPS) is 20.6. The maximum atomic E-state index is 8.78. The van der Waals surface area contributed by atoms with Crippen LogP contribution < -0.4 is 5.32 Å². The van der Waals surface area contributed by atoms with Gasteiger partial charge in [0.1, 0.15) is 0 Å². The zero-order valence-corrected chi connectivity index (χ0v) is 11.0. The third-order valence-electron chi connectivity index (χ3n) is 3.47. The second kappa shape index (κ2) is 6.53. The Bertz CT molecular complexity index is 403. The van der Waals surface area contributed by atoms with E-state index in [0.29, 0.717) is 6.04 Å². The van der Waals surface area contributed by atoms with Crippen molar-refractivity contribution in [2.24, 2.45) is 0 Å². The molecule has 1 fully saturated rings. The lowest BCUT2D eigenvalue weighted by molar-refractivity contribution is 0.187. The van der Waals surface area contributed by atoms with Gasteiger partial charge in [0, 0.05) is 32.2 Å². The quantitative estimate of drug-likeness (QED) is 0.880. The molecule has 1 aliphatic heterocycles. The number of hydrogen-bond acceptors (Lipinski definition) is 3. The number of hydrogen-bond donors (Lipinski definition) is 1. The molecule has 1 saturated heterocycles. The molecule has 96 valence electrons. The Morgan fingerprint density at radius 3 is 2.83 bits per heavy atom. The first kappa shape index (κ1) is 13.1. The van der Waals surface area contributed by atoms with Crippen LogP contribution in [0.25, 0.3) is 0 Å². The lowest BCUT2D eigenvalue weighted by Crippen LogP contribution is -2.50. The molecular formula is C15H21N3. The lowest BCUT2D eigenvalue weighted by atomic mass is 10.1. The number of rotatable bonds is 4. The summed E-state index contributed by atoms with van der Waals surface area (Å²) >= 11 is 0. The van der Waals surface area contributed by atoms with E-state index in [1.54, 1.807) is 0 Å². The van der Waals surface area contributed by atoms with Gasteiger partial charge in [0.05, 0.1) is 11.6 Å². The Hall–Kier alpha value is -1.37. The summed E-state index contributed by atoms with van der Waals surface area (Å²) in [6, 6.07) is 10.7. The molecule has 0 amide bonds. The van der Waals surface area contributed by atoms with E-state index in [1.807, 2.05) is 12.1 Å². The predicted octanol–water partition coefficient (Wildman–Crippen LogP) is 2.13. The van der Waals surface area contributed by atoms with Gasteiger partial charge in [-0.3, -0.25) is 4.90 Å². The molecule has 0 bridgehead atoms. The summed E-state index contributed by atoms with van der Waals surface area (Å²) in [7, 11) is 0. The molecule has 3 heteroatoms. The number of nitrogens with one attached hydrogen (secondary N) is 1. The average Bonchev–Trinajstić information content (AvgIpc) is 2.40. The van der Waals surface area contributed by atoms with Crippen LogP contribution in [0.2, 0.25) is 0 Å². The minimum atomic E-state index is 0.641. The highest BCUT2D eigenvalue weighted by molar-refractivity contribution is 5.31. The van der Waals surface area contributed by atoms with E-state index in [1.165, 1.54) is 18.4 Å². The highest BCUT2D eigenvalue weighted by Crippen LogP contribution is 2.11. The summed E-state index contributed by atoms with van der Waals surface area (Å²) in [5, 5.41) is 12.3. The fourth-order valence-electron chi connectivity index (χ4n) is 2.52. The van der Waals surface area contributed by atoms with E-state index in [2.05, 4.69) is 35.3 Å². The van der Waals surface area contributed by atoms with Crippen molar-refractivity contribution in [2.75, 3.05) is 19.6 Å². The van der Waals surface area contributed by atoms with Crippen molar-refractivity contribution in [1.29, 1.82) is 5.26 Å². The first-order valence-electron chi connectivity index (χ1n) is 6.76. The summed E-state index contributed by atoms with van der Waals surface area (Å²) in [5.41, 5.74) is 2.04. The van der Waals surface area contributed by atoms with Gasteiger partial charge in [0.2, 0.25) is 0 Å². The van der Waals surface area contributed by atoms with Crippen molar-refractivity contribution in [3.8, 4) is 6.07 Å². The molecule has 0 aromatic heterocycles. The Morgan fingerprint density at radius 2 is 2.17 bits per heavy atom. The Kier molecular flexibility index (Phi) is 4.74. The minimum absolute atomic E-state index is 0.641. The average molecular weight is 243 g/mol. The number of nitriles is 1. The maximum Gasteiger partial charge on any atom is 0.0991 e. The topological polar surface area (TPSA) is 39.1 Å². The number of benzene rings is 1. The van der Waals surface area contributed by atoms with Crippen molar-refractivity contribution in [3.63, 3.8) is 0 Å². The first-order chi connectivity index (χ1) is 8.81. The maximum absolute atomic E-state index is 8.78. The van der Waals surface area contributed by atoms with E-state index >= 15 is 0 Å². The van der Waals surface area contributed by atoms with Gasteiger partial charge in [-0.1, -0.05) is 25.5 Å². The summed E-state index contributed by atoms with van der Waals surface area (Å²) in [6.07, 6.45) is 2.49. The zero-order chi connectivity index (χ0) is 12.8. The first-order valence-corrected chi connectivity index (χ1v) is 6.76. The molecular weight excluding hydrogens is 222 g/mol. The molecule has 1 N–H and O–H groups in total. The summed E-state index contributed by atoms with van der Waals surface area (Å²) in [5.74, 6) is 0. The van der Waals surface area contributed by atoms with Crippen LogP contribution in [0.4, 0.5) is 0 Å². The molecule has 1 aromatic carbocycles. The second-order valence-corrected chi connectivity index (χ2v) is 4.98. The van der Waals surface area contributed by atoms with Crippen molar-refractivity contribution in [2.45, 2.75) is 32.4 Å². The molecule has 0 saturated carbocycles. The van der Waals surface area contributed by atoms with Crippen molar-refractivity contribution < 1.29 is 0 Å². The largest absolute Gasteiger partial charge is 0.311 e. The van der Waals surface area contributed by atoms with Crippen LogP contribution >= 0.6 is 0 Å². The molecule has 3 nitrogen and oxygen atoms in total. The van der Waals surface area contributed by atoms with Gasteiger partial charge >= 0.3 is 0 Å². The molecule has 18 heavy (non-hydrogen) atoms. The lowest BCUT2D eigenvalue weighted by Gasteiger charge is -2.33.